The molecule has 0 spiro atoms. The molecule has 0 unspecified atom stereocenters. The Hall–Kier alpha value is -2.50. The highest BCUT2D eigenvalue weighted by Gasteiger charge is 2.00. The van der Waals surface area contributed by atoms with Gasteiger partial charge in [0, 0.05) is 18.1 Å². The first-order valence-electron chi connectivity index (χ1n) is 7.48. The molecule has 3 N–H and O–H groups in total. The summed E-state index contributed by atoms with van der Waals surface area (Å²) in [4.78, 5) is 4.21. The Morgan fingerprint density at radius 2 is 2.23 bits per heavy atom. The molecule has 22 heavy (non-hydrogen) atoms. The lowest BCUT2D eigenvalue weighted by Gasteiger charge is -2.02. The van der Waals surface area contributed by atoms with Crippen LogP contribution in [0.3, 0.4) is 0 Å². The second-order valence-corrected chi connectivity index (χ2v) is 4.98. The first kappa shape index (κ1) is 15.9. The maximum atomic E-state index is 5.75. The number of unbranched alkanes of at least 4 members (excludes halogenated alkanes) is 2. The van der Waals surface area contributed by atoms with Gasteiger partial charge >= 0.3 is 0 Å². The molecule has 0 aliphatic rings. The molecule has 0 bridgehead atoms. The van der Waals surface area contributed by atoms with E-state index in [1.54, 1.807) is 13.4 Å². The molecular formula is C16H23N5O. The number of fused-ring (bicyclic) bond motifs is 1. The van der Waals surface area contributed by atoms with Crippen LogP contribution in [0.2, 0.25) is 0 Å². The highest BCUT2D eigenvalue weighted by atomic mass is 16.5. The van der Waals surface area contributed by atoms with Gasteiger partial charge in [-0.2, -0.15) is 5.10 Å². The van der Waals surface area contributed by atoms with Gasteiger partial charge in [-0.25, -0.2) is 5.43 Å². The van der Waals surface area contributed by atoms with Crippen LogP contribution in [0.15, 0.2) is 40.6 Å². The molecular weight excluding hydrogens is 278 g/mol. The molecule has 1 aromatic heterocycles. The minimum atomic E-state index is 0.338. The average Bonchev–Trinajstić information content (AvgIpc) is 2.94. The molecule has 0 saturated carbocycles. The van der Waals surface area contributed by atoms with E-state index in [2.05, 4.69) is 22.4 Å². The van der Waals surface area contributed by atoms with Gasteiger partial charge < -0.3 is 15.0 Å². The predicted octanol–water partition coefficient (Wildman–Crippen LogP) is 2.54. The van der Waals surface area contributed by atoms with Gasteiger partial charge in [-0.3, -0.25) is 4.99 Å². The Morgan fingerprint density at radius 1 is 1.36 bits per heavy atom. The molecule has 0 radical (unpaired) electrons. The summed E-state index contributed by atoms with van der Waals surface area (Å²) in [6.45, 7) is 2.89. The first-order valence-corrected chi connectivity index (χ1v) is 7.48. The van der Waals surface area contributed by atoms with Crippen molar-refractivity contribution in [1.29, 1.82) is 0 Å². The van der Waals surface area contributed by atoms with Gasteiger partial charge in [0.25, 0.3) is 0 Å². The zero-order valence-corrected chi connectivity index (χ0v) is 13.1. The Labute approximate surface area is 130 Å². The van der Waals surface area contributed by atoms with Gasteiger partial charge in [-0.05, 0) is 30.7 Å². The highest BCUT2D eigenvalue weighted by Crippen LogP contribution is 2.20. The number of hydrogen-bond acceptors (Lipinski definition) is 3. The van der Waals surface area contributed by atoms with Gasteiger partial charge in [0.2, 0.25) is 5.96 Å². The molecule has 0 atom stereocenters. The monoisotopic (exact) mass is 301 g/mol. The van der Waals surface area contributed by atoms with Crippen LogP contribution < -0.4 is 15.9 Å². The maximum Gasteiger partial charge on any atom is 0.209 e. The van der Waals surface area contributed by atoms with Crippen LogP contribution in [0.1, 0.15) is 26.2 Å². The molecule has 0 aliphatic carbocycles. The quantitative estimate of drug-likeness (QED) is 0.357. The molecule has 2 rings (SSSR count). The van der Waals surface area contributed by atoms with Crippen molar-refractivity contribution in [2.75, 3.05) is 13.7 Å². The van der Waals surface area contributed by atoms with E-state index in [9.17, 15) is 0 Å². The smallest absolute Gasteiger partial charge is 0.209 e. The average molecular weight is 301 g/mol. The SMILES string of the molecule is CCCCCN=C(N)NN=Cn1ccc2cc(OC)ccc21. The summed E-state index contributed by atoms with van der Waals surface area (Å²) < 4.78 is 7.12. The number of aromatic nitrogens is 1. The second-order valence-electron chi connectivity index (χ2n) is 4.98. The molecule has 1 aromatic carbocycles. The van der Waals surface area contributed by atoms with Crippen molar-refractivity contribution in [2.24, 2.45) is 15.8 Å². The maximum absolute atomic E-state index is 5.75. The van der Waals surface area contributed by atoms with E-state index >= 15 is 0 Å². The number of guanidine groups is 1. The first-order chi connectivity index (χ1) is 10.7. The third kappa shape index (κ3) is 4.25. The second kappa shape index (κ2) is 8.07. The summed E-state index contributed by atoms with van der Waals surface area (Å²) >= 11 is 0. The Kier molecular flexibility index (Phi) is 5.82. The number of nitrogens with two attached hydrogens (primary N) is 1. The third-order valence-electron chi connectivity index (χ3n) is 3.33. The van der Waals surface area contributed by atoms with Crippen molar-refractivity contribution in [3.63, 3.8) is 0 Å². The molecule has 2 aromatic rings. The minimum Gasteiger partial charge on any atom is -0.497 e. The summed E-state index contributed by atoms with van der Waals surface area (Å²) in [5.41, 5.74) is 9.53. The number of nitrogens with one attached hydrogen (secondary N) is 1. The van der Waals surface area contributed by atoms with Crippen LogP contribution in [0.5, 0.6) is 5.75 Å². The third-order valence-corrected chi connectivity index (χ3v) is 3.33. The number of methoxy groups -OCH3 is 1. The minimum absolute atomic E-state index is 0.338. The molecule has 6 nitrogen and oxygen atoms in total. The summed E-state index contributed by atoms with van der Waals surface area (Å²) in [6, 6.07) is 7.90. The fourth-order valence-corrected chi connectivity index (χ4v) is 2.12. The molecule has 118 valence electrons. The standard InChI is InChI=1S/C16H23N5O/c1-3-4-5-9-18-16(17)20-19-12-21-10-8-13-11-14(22-2)6-7-15(13)21/h6-8,10-12H,3-5,9H2,1-2H3,(H3,17,18,20). The largest absolute Gasteiger partial charge is 0.497 e. The number of hydrazone groups is 1. The Morgan fingerprint density at radius 3 is 3.00 bits per heavy atom. The fraction of sp³-hybridized carbons (Fsp3) is 0.375. The van der Waals surface area contributed by atoms with E-state index in [1.807, 2.05) is 35.0 Å². The van der Waals surface area contributed by atoms with E-state index < -0.39 is 0 Å². The van der Waals surface area contributed by atoms with Crippen LogP contribution >= 0.6 is 0 Å². The van der Waals surface area contributed by atoms with Gasteiger partial charge in [-0.15, -0.1) is 0 Å². The van der Waals surface area contributed by atoms with Crippen LogP contribution in [0, 0.1) is 0 Å². The lowest BCUT2D eigenvalue weighted by atomic mass is 10.2. The van der Waals surface area contributed by atoms with Crippen molar-refractivity contribution >= 4 is 23.2 Å². The Bertz CT molecular complexity index is 660. The van der Waals surface area contributed by atoms with Crippen molar-refractivity contribution in [1.82, 2.24) is 9.99 Å². The fourth-order valence-electron chi connectivity index (χ4n) is 2.12. The van der Waals surface area contributed by atoms with Gasteiger partial charge in [0.15, 0.2) is 0 Å². The van der Waals surface area contributed by atoms with Gasteiger partial charge in [0.1, 0.15) is 12.1 Å². The predicted molar refractivity (Wildman–Crippen MR) is 91.5 cm³/mol. The van der Waals surface area contributed by atoms with Crippen LogP contribution in [0.4, 0.5) is 0 Å². The molecule has 0 amide bonds. The zero-order chi connectivity index (χ0) is 15.8. The van der Waals surface area contributed by atoms with E-state index in [1.165, 1.54) is 12.8 Å². The van der Waals surface area contributed by atoms with E-state index in [4.69, 9.17) is 10.5 Å². The van der Waals surface area contributed by atoms with Gasteiger partial charge in [-0.1, -0.05) is 19.8 Å². The lowest BCUT2D eigenvalue weighted by Crippen LogP contribution is -2.27. The molecule has 6 heteroatoms. The van der Waals surface area contributed by atoms with E-state index in [-0.39, 0.29) is 0 Å². The lowest BCUT2D eigenvalue weighted by molar-refractivity contribution is 0.415. The number of benzene rings is 1. The summed E-state index contributed by atoms with van der Waals surface area (Å²) in [7, 11) is 1.66. The molecule has 0 saturated heterocycles. The number of aliphatic imine (C=N–C) groups is 1. The van der Waals surface area contributed by atoms with E-state index in [0.29, 0.717) is 5.96 Å². The van der Waals surface area contributed by atoms with Crippen LogP contribution in [-0.2, 0) is 0 Å². The zero-order valence-electron chi connectivity index (χ0n) is 13.1. The summed E-state index contributed by atoms with van der Waals surface area (Å²) in [5, 5.41) is 5.20. The van der Waals surface area contributed by atoms with Gasteiger partial charge in [0.05, 0.1) is 12.6 Å². The number of nitrogens with zero attached hydrogens (tertiary/aromatic N) is 3. The van der Waals surface area contributed by atoms with E-state index in [0.717, 1.165) is 29.6 Å². The molecule has 0 fully saturated rings. The van der Waals surface area contributed by atoms with Crippen molar-refractivity contribution in [2.45, 2.75) is 26.2 Å². The molecule has 1 heterocycles. The Balaban J connectivity index is 1.95. The van der Waals surface area contributed by atoms with Crippen molar-refractivity contribution in [3.8, 4) is 5.75 Å². The van der Waals surface area contributed by atoms with Crippen LogP contribution in [-0.4, -0.2) is 30.5 Å². The van der Waals surface area contributed by atoms with Crippen molar-refractivity contribution < 1.29 is 4.74 Å². The molecule has 0 aliphatic heterocycles. The summed E-state index contributed by atoms with van der Waals surface area (Å²) in [6.07, 6.45) is 6.99. The number of rotatable bonds is 7. The number of hydrogen-bond donors (Lipinski definition) is 2. The number of ether oxygens (including phenoxy) is 1. The highest BCUT2D eigenvalue weighted by molar-refractivity contribution is 5.87. The normalized spacial score (nSPS) is 12.2. The summed E-state index contributed by atoms with van der Waals surface area (Å²) in [5.74, 6) is 1.18. The van der Waals surface area contributed by atoms with Crippen LogP contribution in [0.25, 0.3) is 10.9 Å². The topological polar surface area (TPSA) is 76.9 Å². The van der Waals surface area contributed by atoms with Crippen molar-refractivity contribution in [3.05, 3.63) is 30.5 Å².